The summed E-state index contributed by atoms with van der Waals surface area (Å²) < 4.78 is 10.4. The summed E-state index contributed by atoms with van der Waals surface area (Å²) in [6, 6.07) is 11.9. The molecule has 1 saturated heterocycles. The maximum absolute atomic E-state index is 13.0. The first-order valence-corrected chi connectivity index (χ1v) is 22.6. The molecule has 4 aromatic heterocycles. The Balaban J connectivity index is 0.893. The minimum absolute atomic E-state index is 0.0164. The van der Waals surface area contributed by atoms with Crippen molar-refractivity contribution < 1.29 is 14.6 Å². The average Bonchev–Trinajstić information content (AvgIpc) is 3.65. The quantitative estimate of drug-likeness (QED) is 0.132. The van der Waals surface area contributed by atoms with Crippen LogP contribution in [0.4, 0.5) is 22.6 Å². The van der Waals surface area contributed by atoms with Crippen LogP contribution in [0.5, 0.6) is 0 Å². The molecule has 4 saturated carbocycles. The van der Waals surface area contributed by atoms with Crippen LogP contribution < -0.4 is 10.2 Å². The van der Waals surface area contributed by atoms with Crippen LogP contribution in [-0.2, 0) is 17.7 Å². The highest BCUT2D eigenvalue weighted by atomic mass is 32.1. The number of thiazole rings is 1. The Morgan fingerprint density at radius 1 is 0.881 bits per heavy atom. The highest BCUT2D eigenvalue weighted by Gasteiger charge is 2.66. The molecule has 59 heavy (non-hydrogen) atoms. The zero-order valence-corrected chi connectivity index (χ0v) is 35.8. The molecule has 6 heterocycles. The van der Waals surface area contributed by atoms with E-state index in [1.807, 2.05) is 41.4 Å². The molecular weight excluding hydrogens is 759 g/mol. The SMILES string of the molecule is Cc1c(Nc2nc3ccccc3s2)nnc2c1CCCN2c1ccc(-c2cnn(CC34CC5(OCCN6CCCCCC6)C[C@](C)(C3)C[C@](C)(C4)C5)c2C)c(C(=O)O)n1. The van der Waals surface area contributed by atoms with Gasteiger partial charge in [-0.15, -0.1) is 10.2 Å². The van der Waals surface area contributed by atoms with Gasteiger partial charge in [-0.2, -0.15) is 5.10 Å². The second-order valence-electron chi connectivity index (χ2n) is 19.5. The van der Waals surface area contributed by atoms with E-state index in [0.29, 0.717) is 29.6 Å². The molecule has 11 rings (SSSR count). The Bertz CT molecular complexity index is 2370. The van der Waals surface area contributed by atoms with Gasteiger partial charge in [-0.25, -0.2) is 14.8 Å². The van der Waals surface area contributed by atoms with Crippen molar-refractivity contribution in [1.29, 1.82) is 0 Å². The van der Waals surface area contributed by atoms with Crippen LogP contribution in [0.25, 0.3) is 21.3 Å². The van der Waals surface area contributed by atoms with Crippen LogP contribution >= 0.6 is 11.3 Å². The molecule has 2 aliphatic heterocycles. The van der Waals surface area contributed by atoms with Gasteiger partial charge in [-0.05, 0) is 132 Å². The molecule has 12 nitrogen and oxygen atoms in total. The number of nitrogens with zero attached hydrogens (tertiary/aromatic N) is 8. The van der Waals surface area contributed by atoms with Crippen molar-refractivity contribution in [2.24, 2.45) is 16.2 Å². The zero-order chi connectivity index (χ0) is 40.6. The molecule has 5 fully saturated rings. The third kappa shape index (κ3) is 7.20. The van der Waals surface area contributed by atoms with E-state index in [4.69, 9.17) is 19.8 Å². The van der Waals surface area contributed by atoms with Gasteiger partial charge in [-0.3, -0.25) is 4.68 Å². The maximum Gasteiger partial charge on any atom is 0.355 e. The van der Waals surface area contributed by atoms with Crippen molar-refractivity contribution >= 4 is 50.1 Å². The number of ether oxygens (including phenoxy) is 1. The number of hydrogen-bond donors (Lipinski definition) is 2. The predicted molar refractivity (Wildman–Crippen MR) is 232 cm³/mol. The molecule has 0 spiro atoms. The number of aromatic nitrogens is 6. The lowest BCUT2D eigenvalue weighted by molar-refractivity contribution is -0.248. The smallest absolute Gasteiger partial charge is 0.355 e. The lowest BCUT2D eigenvalue weighted by Crippen LogP contribution is -2.64. The van der Waals surface area contributed by atoms with E-state index in [0.717, 1.165) is 89.5 Å². The Hall–Kier alpha value is -4.46. The van der Waals surface area contributed by atoms with E-state index < -0.39 is 5.97 Å². The fourth-order valence-corrected chi connectivity index (χ4v) is 13.9. The normalized spacial score (nSPS) is 27.9. The molecule has 0 amide bonds. The molecular formula is C46H57N9O3S. The number of carboxylic acids is 1. The highest BCUT2D eigenvalue weighted by molar-refractivity contribution is 7.22. The second-order valence-corrected chi connectivity index (χ2v) is 20.5. The summed E-state index contributed by atoms with van der Waals surface area (Å²) in [5.41, 5.74) is 5.89. The molecule has 4 aliphatic carbocycles. The number of benzene rings is 1. The Morgan fingerprint density at radius 3 is 2.42 bits per heavy atom. The summed E-state index contributed by atoms with van der Waals surface area (Å²) in [7, 11) is 0. The highest BCUT2D eigenvalue weighted by Crippen LogP contribution is 2.72. The van der Waals surface area contributed by atoms with Gasteiger partial charge in [0.25, 0.3) is 0 Å². The van der Waals surface area contributed by atoms with Gasteiger partial charge in [-0.1, -0.05) is 50.2 Å². The minimum atomic E-state index is -1.06. The first kappa shape index (κ1) is 38.7. The van der Waals surface area contributed by atoms with Crippen LogP contribution in [0.3, 0.4) is 0 Å². The van der Waals surface area contributed by atoms with E-state index in [1.54, 1.807) is 11.3 Å². The monoisotopic (exact) mass is 815 g/mol. The van der Waals surface area contributed by atoms with Gasteiger partial charge in [0.2, 0.25) is 0 Å². The van der Waals surface area contributed by atoms with Crippen molar-refractivity contribution in [3.05, 3.63) is 65.1 Å². The minimum Gasteiger partial charge on any atom is -0.476 e. The second kappa shape index (κ2) is 14.6. The van der Waals surface area contributed by atoms with Gasteiger partial charge in [0.05, 0.1) is 28.6 Å². The Kier molecular flexibility index (Phi) is 9.60. The van der Waals surface area contributed by atoms with Crippen molar-refractivity contribution in [1.82, 2.24) is 34.8 Å². The van der Waals surface area contributed by atoms with Crippen molar-refractivity contribution in [3.8, 4) is 11.1 Å². The summed E-state index contributed by atoms with van der Waals surface area (Å²) in [6.07, 6.45) is 15.9. The number of fused-ring (bicyclic) bond motifs is 2. The maximum atomic E-state index is 13.0. The van der Waals surface area contributed by atoms with Crippen LogP contribution in [0.1, 0.15) is 112 Å². The Labute approximate surface area is 350 Å². The van der Waals surface area contributed by atoms with Crippen molar-refractivity contribution in [2.75, 3.05) is 43.0 Å². The molecule has 1 aromatic carbocycles. The van der Waals surface area contributed by atoms with Crippen LogP contribution in [0, 0.1) is 30.1 Å². The summed E-state index contributed by atoms with van der Waals surface area (Å²) >= 11 is 1.58. The number of rotatable bonds is 11. The van der Waals surface area contributed by atoms with E-state index in [-0.39, 0.29) is 27.5 Å². The van der Waals surface area contributed by atoms with Gasteiger partial charge in [0.15, 0.2) is 22.5 Å². The molecule has 5 aromatic rings. The summed E-state index contributed by atoms with van der Waals surface area (Å²) in [5, 5.41) is 29.0. The number of pyridine rings is 1. The number of aromatic carboxylic acids is 1. The Morgan fingerprint density at radius 2 is 1.66 bits per heavy atom. The standard InChI is InChI=1S/C46H57N9O3S/c1-30-32-12-11-19-54(40(32)52-51-39(30)50-42-48-35-13-7-8-14-36(35)59-42)37-16-15-33(38(49-37)41(56)57)34-22-47-55(31(34)2)29-45-24-43(3)23-44(4,25-45)27-46(26-43,28-45)58-21-20-53-17-9-5-6-10-18-53/h7-8,13-16,22H,5-6,9-12,17-21,23-29H2,1-4H3,(H,56,57)(H,48,50,51)/t43-,44+,45?,46?. The molecule has 310 valence electrons. The fourth-order valence-electron chi connectivity index (χ4n) is 13.0. The van der Waals surface area contributed by atoms with Crippen molar-refractivity contribution in [2.45, 2.75) is 117 Å². The molecule has 4 atom stereocenters. The lowest BCUT2D eigenvalue weighted by Gasteiger charge is -2.69. The van der Waals surface area contributed by atoms with Gasteiger partial charge >= 0.3 is 5.97 Å². The zero-order valence-electron chi connectivity index (χ0n) is 35.0. The largest absolute Gasteiger partial charge is 0.476 e. The van der Waals surface area contributed by atoms with E-state index in [2.05, 4.69) is 58.9 Å². The third-order valence-corrected chi connectivity index (χ3v) is 15.3. The van der Waals surface area contributed by atoms with Crippen molar-refractivity contribution in [3.63, 3.8) is 0 Å². The number of anilines is 4. The van der Waals surface area contributed by atoms with Gasteiger partial charge in [0.1, 0.15) is 5.82 Å². The lowest BCUT2D eigenvalue weighted by atomic mass is 9.39. The van der Waals surface area contributed by atoms with E-state index in [1.165, 1.54) is 58.0 Å². The van der Waals surface area contributed by atoms with E-state index >= 15 is 0 Å². The van der Waals surface area contributed by atoms with E-state index in [9.17, 15) is 9.90 Å². The number of nitrogens with one attached hydrogen (secondary N) is 1. The topological polar surface area (TPSA) is 134 Å². The summed E-state index contributed by atoms with van der Waals surface area (Å²) in [6.45, 7) is 14.9. The molecule has 4 bridgehead atoms. The number of hydrogen-bond acceptors (Lipinski definition) is 11. The first-order valence-electron chi connectivity index (χ1n) is 21.8. The van der Waals surface area contributed by atoms with Crippen LogP contribution in [-0.4, -0.2) is 84.3 Å². The third-order valence-electron chi connectivity index (χ3n) is 14.3. The summed E-state index contributed by atoms with van der Waals surface area (Å²) in [5.74, 6) is 0.874. The predicted octanol–water partition coefficient (Wildman–Crippen LogP) is 9.50. The van der Waals surface area contributed by atoms with Gasteiger partial charge in [0, 0.05) is 47.6 Å². The van der Waals surface area contributed by atoms with Crippen LogP contribution in [0.15, 0.2) is 42.6 Å². The number of para-hydroxylation sites is 1. The number of carbonyl (C=O) groups is 1. The molecule has 6 aliphatic rings. The van der Waals surface area contributed by atoms with Gasteiger partial charge < -0.3 is 25.0 Å². The van der Waals surface area contributed by atoms with Crippen LogP contribution in [0.2, 0.25) is 0 Å². The number of carboxylic acid groups (broad SMARTS) is 1. The fraction of sp³-hybridized carbons (Fsp3) is 0.565. The summed E-state index contributed by atoms with van der Waals surface area (Å²) in [4.78, 5) is 27.1. The average molecular weight is 816 g/mol. The first-order chi connectivity index (χ1) is 28.4. The number of likely N-dealkylation sites (tertiary alicyclic amines) is 1. The molecule has 13 heteroatoms. The molecule has 0 radical (unpaired) electrons. The molecule has 2 unspecified atom stereocenters. The molecule has 2 N–H and O–H groups in total.